The topological polar surface area (TPSA) is 237 Å². The van der Waals surface area contributed by atoms with Gasteiger partial charge in [0.25, 0.3) is 0 Å². The molecule has 0 fully saturated rings. The number of rotatable bonds is 76. The summed E-state index contributed by atoms with van der Waals surface area (Å²) >= 11 is 0. The number of unbranched alkanes of at least 4 members (excludes halogenated alkanes) is 45. The lowest BCUT2D eigenvalue weighted by Crippen LogP contribution is -2.30. The summed E-state index contributed by atoms with van der Waals surface area (Å²) in [5, 5.41) is 10.6. The molecule has 17 nitrogen and oxygen atoms in total. The van der Waals surface area contributed by atoms with Crippen molar-refractivity contribution in [3.63, 3.8) is 0 Å². The highest BCUT2D eigenvalue weighted by atomic mass is 31.2. The molecule has 0 aliphatic heterocycles. The van der Waals surface area contributed by atoms with E-state index in [1.807, 2.05) is 0 Å². The molecule has 0 saturated heterocycles. The molecule has 0 rings (SSSR count). The van der Waals surface area contributed by atoms with E-state index in [0.29, 0.717) is 25.7 Å². The van der Waals surface area contributed by atoms with E-state index in [2.05, 4.69) is 41.5 Å². The quantitative estimate of drug-likeness (QED) is 0.0222. The molecule has 6 atom stereocenters. The molecule has 0 aliphatic rings. The van der Waals surface area contributed by atoms with Gasteiger partial charge in [-0.1, -0.05) is 350 Å². The number of hydrogen-bond donors (Lipinski definition) is 3. The van der Waals surface area contributed by atoms with Crippen molar-refractivity contribution >= 4 is 39.5 Å². The molecule has 3 N–H and O–H groups in total. The normalized spacial score (nSPS) is 14.3. The average Bonchev–Trinajstić information content (AvgIpc) is 1.23. The molecule has 0 amide bonds. The Morgan fingerprint density at radius 1 is 0.302 bits per heavy atom. The zero-order valence-electron chi connectivity index (χ0n) is 62.7. The van der Waals surface area contributed by atoms with Crippen LogP contribution in [-0.2, 0) is 65.4 Å². The van der Waals surface area contributed by atoms with Gasteiger partial charge in [0, 0.05) is 25.7 Å². The number of phosphoric ester groups is 2. The smallest absolute Gasteiger partial charge is 0.462 e. The lowest BCUT2D eigenvalue weighted by Gasteiger charge is -2.21. The van der Waals surface area contributed by atoms with E-state index in [0.717, 1.165) is 108 Å². The SMILES string of the molecule is CCCCCCCCCCCCCCCCCCCC(=O)OC[C@H](COP(=O)(O)OC[C@@H](O)COP(=O)(O)OC[C@@H](COC(=O)CCCCCCCCCC)OC(=O)CCCCCCCCCCCCC(C)C)OC(=O)CCCCCCCCCCCCCCCCC(C)CC. The summed E-state index contributed by atoms with van der Waals surface area (Å²) < 4.78 is 68.5. The van der Waals surface area contributed by atoms with Gasteiger partial charge in [-0.2, -0.15) is 0 Å². The number of aliphatic hydroxyl groups excluding tert-OH is 1. The third kappa shape index (κ3) is 69.2. The van der Waals surface area contributed by atoms with Gasteiger partial charge in [-0.3, -0.25) is 37.3 Å². The number of phosphoric acid groups is 2. The molecule has 3 unspecified atom stereocenters. The molecule has 0 bridgehead atoms. The second-order valence-electron chi connectivity index (χ2n) is 28.5. The molecule has 0 saturated carbocycles. The first kappa shape index (κ1) is 94.1. The summed E-state index contributed by atoms with van der Waals surface area (Å²) in [7, 11) is -9.91. The van der Waals surface area contributed by atoms with Crippen molar-refractivity contribution in [2.24, 2.45) is 11.8 Å². The van der Waals surface area contributed by atoms with Gasteiger partial charge in [-0.25, -0.2) is 9.13 Å². The van der Waals surface area contributed by atoms with Crippen molar-refractivity contribution in [3.8, 4) is 0 Å². The lowest BCUT2D eigenvalue weighted by atomic mass is 9.99. The van der Waals surface area contributed by atoms with E-state index in [1.54, 1.807) is 0 Å². The molecular weight excluding hydrogens is 1260 g/mol. The number of ether oxygens (including phenoxy) is 4. The fourth-order valence-electron chi connectivity index (χ4n) is 11.8. The summed E-state index contributed by atoms with van der Waals surface area (Å²) in [5.74, 6) is -0.518. The highest BCUT2D eigenvalue weighted by molar-refractivity contribution is 7.47. The lowest BCUT2D eigenvalue weighted by molar-refractivity contribution is -0.161. The van der Waals surface area contributed by atoms with Crippen LogP contribution in [0.4, 0.5) is 0 Å². The molecule has 0 heterocycles. The summed E-state index contributed by atoms with van der Waals surface area (Å²) in [5.41, 5.74) is 0. The van der Waals surface area contributed by atoms with Crippen LogP contribution in [0.1, 0.15) is 401 Å². The number of esters is 4. The van der Waals surface area contributed by atoms with E-state index in [1.165, 1.54) is 212 Å². The highest BCUT2D eigenvalue weighted by Gasteiger charge is 2.30. The van der Waals surface area contributed by atoms with Crippen molar-refractivity contribution < 1.29 is 80.2 Å². The minimum atomic E-state index is -4.96. The van der Waals surface area contributed by atoms with Crippen molar-refractivity contribution in [2.45, 2.75) is 419 Å². The van der Waals surface area contributed by atoms with Crippen molar-refractivity contribution in [1.82, 2.24) is 0 Å². The Labute approximate surface area is 588 Å². The Balaban J connectivity index is 5.21. The first-order valence-corrected chi connectivity index (χ1v) is 43.0. The average molecular weight is 1410 g/mol. The molecule has 0 spiro atoms. The number of hydrogen-bond acceptors (Lipinski definition) is 15. The first-order valence-electron chi connectivity index (χ1n) is 40.0. The summed E-state index contributed by atoms with van der Waals surface area (Å²) in [6.07, 6.45) is 56.9. The van der Waals surface area contributed by atoms with Gasteiger partial charge < -0.3 is 33.8 Å². The van der Waals surface area contributed by atoms with Gasteiger partial charge >= 0.3 is 39.5 Å². The number of carbonyl (C=O) groups is 4. The Morgan fingerprint density at radius 3 is 0.792 bits per heavy atom. The van der Waals surface area contributed by atoms with Crippen LogP contribution in [0.2, 0.25) is 0 Å². The van der Waals surface area contributed by atoms with E-state index < -0.39 is 97.5 Å². The molecule has 0 aliphatic carbocycles. The maximum absolute atomic E-state index is 13.1. The number of carbonyl (C=O) groups excluding carboxylic acids is 4. The second-order valence-corrected chi connectivity index (χ2v) is 31.4. The maximum Gasteiger partial charge on any atom is 0.472 e. The molecular formula is C77H150O17P2. The zero-order chi connectivity index (χ0) is 70.7. The third-order valence-corrected chi connectivity index (χ3v) is 20.2. The van der Waals surface area contributed by atoms with E-state index >= 15 is 0 Å². The van der Waals surface area contributed by atoms with Crippen LogP contribution >= 0.6 is 15.6 Å². The molecule has 19 heteroatoms. The van der Waals surface area contributed by atoms with E-state index in [-0.39, 0.29) is 25.7 Å². The van der Waals surface area contributed by atoms with Gasteiger partial charge in [0.15, 0.2) is 12.2 Å². The Hall–Kier alpha value is -1.94. The Bertz CT molecular complexity index is 1860. The fourth-order valence-corrected chi connectivity index (χ4v) is 13.4. The summed E-state index contributed by atoms with van der Waals surface area (Å²) in [6, 6.07) is 0. The largest absolute Gasteiger partial charge is 0.472 e. The minimum Gasteiger partial charge on any atom is -0.462 e. The van der Waals surface area contributed by atoms with Crippen molar-refractivity contribution in [3.05, 3.63) is 0 Å². The van der Waals surface area contributed by atoms with E-state index in [4.69, 9.17) is 37.0 Å². The first-order chi connectivity index (χ1) is 46.4. The monoisotopic (exact) mass is 1410 g/mol. The zero-order valence-corrected chi connectivity index (χ0v) is 64.5. The highest BCUT2D eigenvalue weighted by Crippen LogP contribution is 2.45. The third-order valence-electron chi connectivity index (χ3n) is 18.3. The fraction of sp³-hybridized carbons (Fsp3) is 0.948. The van der Waals surface area contributed by atoms with E-state index in [9.17, 15) is 43.2 Å². The van der Waals surface area contributed by atoms with Gasteiger partial charge in [0.1, 0.15) is 19.3 Å². The summed E-state index contributed by atoms with van der Waals surface area (Å²) in [6.45, 7) is 9.62. The van der Waals surface area contributed by atoms with Crippen LogP contribution in [-0.4, -0.2) is 96.7 Å². The summed E-state index contributed by atoms with van der Waals surface area (Å²) in [4.78, 5) is 72.8. The van der Waals surface area contributed by atoms with Crippen molar-refractivity contribution in [1.29, 1.82) is 0 Å². The molecule has 0 radical (unpaired) electrons. The maximum atomic E-state index is 13.1. The molecule has 0 aromatic heterocycles. The molecule has 0 aromatic rings. The van der Waals surface area contributed by atoms with Gasteiger partial charge in [0.05, 0.1) is 26.4 Å². The van der Waals surface area contributed by atoms with Crippen LogP contribution in [0.25, 0.3) is 0 Å². The Morgan fingerprint density at radius 2 is 0.531 bits per heavy atom. The van der Waals surface area contributed by atoms with Gasteiger partial charge in [0.2, 0.25) is 0 Å². The predicted molar refractivity (Wildman–Crippen MR) is 391 cm³/mol. The molecule has 570 valence electrons. The van der Waals surface area contributed by atoms with Gasteiger partial charge in [-0.15, -0.1) is 0 Å². The second kappa shape index (κ2) is 68.8. The van der Waals surface area contributed by atoms with Gasteiger partial charge in [-0.05, 0) is 37.5 Å². The van der Waals surface area contributed by atoms with Crippen LogP contribution in [0.5, 0.6) is 0 Å². The Kier molecular flexibility index (Phi) is 67.4. The number of aliphatic hydroxyl groups is 1. The van der Waals surface area contributed by atoms with Crippen LogP contribution in [0.15, 0.2) is 0 Å². The molecule has 96 heavy (non-hydrogen) atoms. The van der Waals surface area contributed by atoms with Crippen LogP contribution in [0, 0.1) is 11.8 Å². The van der Waals surface area contributed by atoms with Crippen molar-refractivity contribution in [2.75, 3.05) is 39.6 Å². The minimum absolute atomic E-state index is 0.106. The van der Waals surface area contributed by atoms with Crippen LogP contribution < -0.4 is 0 Å². The molecule has 0 aromatic carbocycles. The van der Waals surface area contributed by atoms with Crippen LogP contribution in [0.3, 0.4) is 0 Å². The predicted octanol–water partition coefficient (Wildman–Crippen LogP) is 22.7. The standard InChI is InChI=1S/C77H150O17P2/c1-7-10-12-14-16-18-19-20-21-22-23-27-30-36-42-48-54-60-75(80)88-66-73(94-76(81)61-55-49-43-37-31-28-25-24-26-29-35-40-46-52-58-70(6)9-3)68-92-96(85,86)90-64-71(78)63-89-95(83,84)91-67-72(65-87-74(79)59-53-47-41-17-15-13-11-8-2)93-77(82)62-56-50-44-38-33-32-34-39-45-51-57-69(4)5/h69-73,78H,7-68H2,1-6H3,(H,83,84)(H,85,86)/t70?,71-,72+,73+/m0/s1.